The number of nitrogens with one attached hydrogen (secondary N) is 1. The van der Waals surface area contributed by atoms with E-state index in [1.807, 2.05) is 18.2 Å². The van der Waals surface area contributed by atoms with Gasteiger partial charge in [0.2, 0.25) is 0 Å². The Labute approximate surface area is 115 Å². The quantitative estimate of drug-likeness (QED) is 0.852. The molecule has 1 aromatic carbocycles. The number of hydrogen-bond acceptors (Lipinski definition) is 3. The van der Waals surface area contributed by atoms with Crippen molar-refractivity contribution >= 4 is 33.2 Å². The summed E-state index contributed by atoms with van der Waals surface area (Å²) in [6.45, 7) is 1.17. The number of aromatic nitrogens is 1. The molecule has 0 amide bonds. The molecule has 2 aromatic rings. The molecule has 0 spiro atoms. The third kappa shape index (κ3) is 1.68. The van der Waals surface area contributed by atoms with Gasteiger partial charge in [-0.05, 0) is 49.4 Å². The van der Waals surface area contributed by atoms with Gasteiger partial charge in [0.25, 0.3) is 0 Å². The summed E-state index contributed by atoms with van der Waals surface area (Å²) >= 11 is 7.84. The maximum Gasteiger partial charge on any atom is 0.111 e. The Morgan fingerprint density at radius 2 is 2.28 bits per heavy atom. The van der Waals surface area contributed by atoms with E-state index in [-0.39, 0.29) is 0 Å². The van der Waals surface area contributed by atoms with Crippen LogP contribution in [-0.2, 0) is 0 Å². The number of benzene rings is 1. The first kappa shape index (κ1) is 11.2. The summed E-state index contributed by atoms with van der Waals surface area (Å²) in [7, 11) is 0. The van der Waals surface area contributed by atoms with E-state index in [2.05, 4.69) is 5.32 Å². The van der Waals surface area contributed by atoms with E-state index >= 15 is 0 Å². The highest BCUT2D eigenvalue weighted by Gasteiger charge is 2.40. The van der Waals surface area contributed by atoms with Crippen LogP contribution in [0.1, 0.15) is 30.3 Å². The van der Waals surface area contributed by atoms with Crippen molar-refractivity contribution in [1.29, 1.82) is 0 Å². The zero-order valence-electron chi connectivity index (χ0n) is 10.0. The molecular weight excluding hydrogens is 264 g/mol. The molecule has 1 aromatic heterocycles. The zero-order chi connectivity index (χ0) is 12.1. The monoisotopic (exact) mass is 278 g/mol. The SMILES string of the molecule is Clc1ccc2nc(C3NCC4CCCC43)sc2c1. The van der Waals surface area contributed by atoms with Gasteiger partial charge in [0.15, 0.2) is 0 Å². The Morgan fingerprint density at radius 3 is 3.22 bits per heavy atom. The molecule has 18 heavy (non-hydrogen) atoms. The lowest BCUT2D eigenvalue weighted by Gasteiger charge is -2.14. The average molecular weight is 279 g/mol. The topological polar surface area (TPSA) is 24.9 Å². The van der Waals surface area contributed by atoms with Crippen molar-refractivity contribution in [3.8, 4) is 0 Å². The van der Waals surface area contributed by atoms with Crippen LogP contribution in [0.4, 0.5) is 0 Å². The van der Waals surface area contributed by atoms with Gasteiger partial charge < -0.3 is 5.32 Å². The Balaban J connectivity index is 1.74. The van der Waals surface area contributed by atoms with Gasteiger partial charge in [-0.15, -0.1) is 11.3 Å². The largest absolute Gasteiger partial charge is 0.307 e. The molecule has 0 bridgehead atoms. The Kier molecular flexibility index (Phi) is 2.61. The van der Waals surface area contributed by atoms with Gasteiger partial charge >= 0.3 is 0 Å². The van der Waals surface area contributed by atoms with E-state index in [1.54, 1.807) is 11.3 Å². The average Bonchev–Trinajstić information content (AvgIpc) is 3.00. The minimum atomic E-state index is 0.480. The van der Waals surface area contributed by atoms with Crippen molar-refractivity contribution in [2.75, 3.05) is 6.54 Å². The molecule has 1 saturated heterocycles. The first-order valence-corrected chi connectivity index (χ1v) is 7.80. The van der Waals surface area contributed by atoms with Gasteiger partial charge in [0.1, 0.15) is 5.01 Å². The second kappa shape index (κ2) is 4.19. The minimum absolute atomic E-state index is 0.480. The Hall–Kier alpha value is -0.640. The van der Waals surface area contributed by atoms with Gasteiger partial charge in [-0.2, -0.15) is 0 Å². The van der Waals surface area contributed by atoms with Crippen LogP contribution in [0.5, 0.6) is 0 Å². The normalized spacial score (nSPS) is 31.1. The highest BCUT2D eigenvalue weighted by molar-refractivity contribution is 7.18. The number of hydrogen-bond donors (Lipinski definition) is 1. The van der Waals surface area contributed by atoms with Crippen LogP contribution in [0.25, 0.3) is 10.2 Å². The zero-order valence-corrected chi connectivity index (χ0v) is 11.6. The standard InChI is InChI=1S/C14H15ClN2S/c15-9-4-5-11-12(6-9)18-14(17-11)13-10-3-1-2-8(10)7-16-13/h4-6,8,10,13,16H,1-3,7H2. The fraction of sp³-hybridized carbons (Fsp3) is 0.500. The number of nitrogens with zero attached hydrogens (tertiary/aromatic N) is 1. The number of thiazole rings is 1. The third-order valence-electron chi connectivity index (χ3n) is 4.38. The number of halogens is 1. The maximum atomic E-state index is 6.04. The van der Waals surface area contributed by atoms with Gasteiger partial charge in [0, 0.05) is 5.02 Å². The van der Waals surface area contributed by atoms with Crippen LogP contribution in [0, 0.1) is 11.8 Å². The van der Waals surface area contributed by atoms with Gasteiger partial charge in [-0.3, -0.25) is 0 Å². The molecule has 0 radical (unpaired) electrons. The number of fused-ring (bicyclic) bond motifs is 2. The summed E-state index contributed by atoms with van der Waals surface area (Å²) in [6, 6.07) is 6.46. The first-order chi connectivity index (χ1) is 8.81. The fourth-order valence-electron chi connectivity index (χ4n) is 3.51. The van der Waals surface area contributed by atoms with Crippen LogP contribution >= 0.6 is 22.9 Å². The molecule has 3 atom stereocenters. The highest BCUT2D eigenvalue weighted by Crippen LogP contribution is 2.45. The van der Waals surface area contributed by atoms with Crippen LogP contribution in [0.15, 0.2) is 18.2 Å². The lowest BCUT2D eigenvalue weighted by Crippen LogP contribution is -2.17. The van der Waals surface area contributed by atoms with E-state index in [0.717, 1.165) is 22.4 Å². The third-order valence-corrected chi connectivity index (χ3v) is 5.72. The molecular formula is C14H15ClN2S. The van der Waals surface area contributed by atoms with Crippen molar-refractivity contribution in [2.45, 2.75) is 25.3 Å². The summed E-state index contributed by atoms with van der Waals surface area (Å²) in [4.78, 5) is 4.79. The molecule has 4 rings (SSSR count). The molecule has 3 unspecified atom stereocenters. The van der Waals surface area contributed by atoms with E-state index < -0.39 is 0 Å². The summed E-state index contributed by atoms with van der Waals surface area (Å²) < 4.78 is 1.21. The molecule has 1 N–H and O–H groups in total. The molecule has 2 heterocycles. The van der Waals surface area contributed by atoms with Crippen LogP contribution in [0.3, 0.4) is 0 Å². The van der Waals surface area contributed by atoms with Crippen molar-refractivity contribution in [3.05, 3.63) is 28.2 Å². The van der Waals surface area contributed by atoms with Crippen molar-refractivity contribution in [3.63, 3.8) is 0 Å². The summed E-state index contributed by atoms with van der Waals surface area (Å²) in [5.41, 5.74) is 1.09. The molecule has 4 heteroatoms. The molecule has 94 valence electrons. The van der Waals surface area contributed by atoms with Crippen molar-refractivity contribution in [2.24, 2.45) is 11.8 Å². The van der Waals surface area contributed by atoms with Gasteiger partial charge in [0.05, 0.1) is 16.3 Å². The van der Waals surface area contributed by atoms with E-state index in [0.29, 0.717) is 6.04 Å². The smallest absolute Gasteiger partial charge is 0.111 e. The molecule has 1 aliphatic heterocycles. The van der Waals surface area contributed by atoms with E-state index in [4.69, 9.17) is 16.6 Å². The van der Waals surface area contributed by atoms with Crippen LogP contribution in [-0.4, -0.2) is 11.5 Å². The van der Waals surface area contributed by atoms with Crippen molar-refractivity contribution < 1.29 is 0 Å². The summed E-state index contributed by atoms with van der Waals surface area (Å²) in [5.74, 6) is 1.69. The van der Waals surface area contributed by atoms with E-state index in [1.165, 1.54) is 35.5 Å². The maximum absolute atomic E-state index is 6.04. The first-order valence-electron chi connectivity index (χ1n) is 6.60. The predicted molar refractivity (Wildman–Crippen MR) is 76.2 cm³/mol. The van der Waals surface area contributed by atoms with Crippen LogP contribution in [0.2, 0.25) is 5.02 Å². The molecule has 1 saturated carbocycles. The van der Waals surface area contributed by atoms with E-state index in [9.17, 15) is 0 Å². The minimum Gasteiger partial charge on any atom is -0.307 e. The lowest BCUT2D eigenvalue weighted by atomic mass is 9.94. The van der Waals surface area contributed by atoms with Crippen LogP contribution < -0.4 is 5.32 Å². The Morgan fingerprint density at radius 1 is 1.33 bits per heavy atom. The fourth-order valence-corrected chi connectivity index (χ4v) is 4.90. The second-order valence-corrected chi connectivity index (χ2v) is 6.90. The second-order valence-electron chi connectivity index (χ2n) is 5.40. The highest BCUT2D eigenvalue weighted by atomic mass is 35.5. The predicted octanol–water partition coefficient (Wildman–Crippen LogP) is 4.01. The van der Waals surface area contributed by atoms with Gasteiger partial charge in [-0.1, -0.05) is 18.0 Å². The lowest BCUT2D eigenvalue weighted by molar-refractivity contribution is 0.421. The van der Waals surface area contributed by atoms with Crippen molar-refractivity contribution in [1.82, 2.24) is 10.3 Å². The number of rotatable bonds is 1. The molecule has 2 nitrogen and oxygen atoms in total. The summed E-state index contributed by atoms with van der Waals surface area (Å²) in [6.07, 6.45) is 4.15. The van der Waals surface area contributed by atoms with Gasteiger partial charge in [-0.25, -0.2) is 4.98 Å². The summed E-state index contributed by atoms with van der Waals surface area (Å²) in [5, 5.41) is 5.72. The molecule has 2 aliphatic rings. The Bertz CT molecular complexity index is 594. The molecule has 1 aliphatic carbocycles. The molecule has 2 fully saturated rings.